The van der Waals surface area contributed by atoms with E-state index < -0.39 is 0 Å². The van der Waals surface area contributed by atoms with Crippen molar-refractivity contribution in [3.05, 3.63) is 151 Å². The Labute approximate surface area is 241 Å². The topological polar surface area (TPSA) is 55.2 Å². The number of rotatable bonds is 4. The molecule has 0 aliphatic carbocycles. The second kappa shape index (κ2) is 9.39. The molecule has 0 N–H and O–H groups in total. The number of carbonyl (C=O) groups is 2. The first kappa shape index (κ1) is 24.0. The summed E-state index contributed by atoms with van der Waals surface area (Å²) in [6, 6.07) is 41.6. The molecule has 0 spiro atoms. The van der Waals surface area contributed by atoms with Gasteiger partial charge in [-0.15, -0.1) is 0 Å². The zero-order valence-electron chi connectivity index (χ0n) is 22.4. The first-order chi connectivity index (χ1) is 20.7. The van der Waals surface area contributed by atoms with Gasteiger partial charge in [0.2, 0.25) is 0 Å². The minimum atomic E-state index is -0.324. The van der Waals surface area contributed by atoms with Crippen LogP contribution in [0.25, 0.3) is 49.7 Å². The van der Waals surface area contributed by atoms with Gasteiger partial charge in [-0.05, 0) is 76.9 Å². The van der Waals surface area contributed by atoms with E-state index in [0.29, 0.717) is 22.5 Å². The Morgan fingerprint density at radius 2 is 1.19 bits per heavy atom. The molecular formula is C37H23N3O2. The highest BCUT2D eigenvalue weighted by Crippen LogP contribution is 2.39. The second-order valence-electron chi connectivity index (χ2n) is 10.4. The van der Waals surface area contributed by atoms with Gasteiger partial charge in [-0.3, -0.25) is 14.6 Å². The number of fused-ring (bicyclic) bond motifs is 4. The van der Waals surface area contributed by atoms with Gasteiger partial charge < -0.3 is 4.57 Å². The van der Waals surface area contributed by atoms with Gasteiger partial charge >= 0.3 is 0 Å². The predicted octanol–water partition coefficient (Wildman–Crippen LogP) is 8.31. The van der Waals surface area contributed by atoms with Crippen LogP contribution >= 0.6 is 0 Å². The Balaban J connectivity index is 1.30. The number of nitrogens with zero attached hydrogens (tertiary/aromatic N) is 3. The average Bonchev–Trinajstić information content (AvgIpc) is 3.52. The van der Waals surface area contributed by atoms with Crippen molar-refractivity contribution in [2.45, 2.75) is 0 Å². The normalized spacial score (nSPS) is 12.8. The van der Waals surface area contributed by atoms with Crippen molar-refractivity contribution in [2.75, 3.05) is 4.90 Å². The molecule has 198 valence electrons. The fraction of sp³-hybridized carbons (Fsp3) is 0. The van der Waals surface area contributed by atoms with E-state index >= 15 is 0 Å². The number of hydrogen-bond acceptors (Lipinski definition) is 3. The third-order valence-electron chi connectivity index (χ3n) is 8.03. The van der Waals surface area contributed by atoms with E-state index in [1.165, 1.54) is 4.90 Å². The van der Waals surface area contributed by atoms with Gasteiger partial charge in [0.05, 0.1) is 33.5 Å². The molecule has 5 heteroatoms. The molecule has 42 heavy (non-hydrogen) atoms. The van der Waals surface area contributed by atoms with E-state index in [4.69, 9.17) is 0 Å². The number of imide groups is 1. The first-order valence-corrected chi connectivity index (χ1v) is 13.8. The minimum Gasteiger partial charge on any atom is -0.308 e. The van der Waals surface area contributed by atoms with Gasteiger partial charge in [0.15, 0.2) is 0 Å². The molecule has 5 aromatic carbocycles. The summed E-state index contributed by atoms with van der Waals surface area (Å²) in [7, 11) is 0. The van der Waals surface area contributed by atoms with Gasteiger partial charge in [0.1, 0.15) is 0 Å². The Morgan fingerprint density at radius 3 is 2.05 bits per heavy atom. The molecule has 7 aromatic rings. The van der Waals surface area contributed by atoms with E-state index in [1.807, 2.05) is 91.0 Å². The lowest BCUT2D eigenvalue weighted by atomic mass is 10.0. The molecular weight excluding hydrogens is 518 g/mol. The predicted molar refractivity (Wildman–Crippen MR) is 167 cm³/mol. The van der Waals surface area contributed by atoms with E-state index in [1.54, 1.807) is 18.5 Å². The van der Waals surface area contributed by atoms with Crippen LogP contribution in [-0.4, -0.2) is 21.4 Å². The number of anilines is 1. The number of pyridine rings is 1. The van der Waals surface area contributed by atoms with Crippen LogP contribution in [0, 0.1) is 0 Å². The summed E-state index contributed by atoms with van der Waals surface area (Å²) in [5.41, 5.74) is 8.12. The van der Waals surface area contributed by atoms with Crippen LogP contribution in [0.4, 0.5) is 5.69 Å². The summed E-state index contributed by atoms with van der Waals surface area (Å²) in [5, 5.41) is 2.15. The van der Waals surface area contributed by atoms with Crippen LogP contribution < -0.4 is 4.90 Å². The van der Waals surface area contributed by atoms with Crippen molar-refractivity contribution in [2.24, 2.45) is 0 Å². The summed E-state index contributed by atoms with van der Waals surface area (Å²) in [4.78, 5) is 33.4. The number of benzene rings is 5. The fourth-order valence-electron chi connectivity index (χ4n) is 6.10. The van der Waals surface area contributed by atoms with Crippen LogP contribution in [-0.2, 0) is 0 Å². The van der Waals surface area contributed by atoms with E-state index in [-0.39, 0.29) is 11.8 Å². The second-order valence-corrected chi connectivity index (χ2v) is 10.4. The van der Waals surface area contributed by atoms with Crippen LogP contribution in [0.1, 0.15) is 20.7 Å². The lowest BCUT2D eigenvalue weighted by molar-refractivity contribution is 0.0926. The van der Waals surface area contributed by atoms with E-state index in [9.17, 15) is 9.59 Å². The lowest BCUT2D eigenvalue weighted by Crippen LogP contribution is -2.29. The molecule has 2 aromatic heterocycles. The zero-order valence-corrected chi connectivity index (χ0v) is 22.4. The highest BCUT2D eigenvalue weighted by Gasteiger charge is 2.39. The van der Waals surface area contributed by atoms with Crippen LogP contribution in [0.5, 0.6) is 0 Å². The Hall–Kier alpha value is -5.81. The van der Waals surface area contributed by atoms with Gasteiger partial charge in [0, 0.05) is 23.2 Å². The van der Waals surface area contributed by atoms with Crippen molar-refractivity contribution in [1.29, 1.82) is 0 Å². The van der Waals surface area contributed by atoms with Crippen molar-refractivity contribution in [3.63, 3.8) is 0 Å². The summed E-state index contributed by atoms with van der Waals surface area (Å²) in [6.45, 7) is 0. The molecule has 0 radical (unpaired) electrons. The van der Waals surface area contributed by atoms with Crippen molar-refractivity contribution in [3.8, 4) is 27.9 Å². The first-order valence-electron chi connectivity index (χ1n) is 13.8. The van der Waals surface area contributed by atoms with E-state index in [0.717, 1.165) is 44.1 Å². The van der Waals surface area contributed by atoms with E-state index in [2.05, 4.69) is 39.9 Å². The molecule has 3 heterocycles. The molecule has 0 saturated heterocycles. The van der Waals surface area contributed by atoms with Crippen molar-refractivity contribution >= 4 is 39.3 Å². The van der Waals surface area contributed by atoms with Crippen LogP contribution in [0.3, 0.4) is 0 Å². The fourth-order valence-corrected chi connectivity index (χ4v) is 6.10. The molecule has 0 bridgehead atoms. The molecule has 1 aliphatic heterocycles. The van der Waals surface area contributed by atoms with Gasteiger partial charge in [-0.2, -0.15) is 0 Å². The molecule has 5 nitrogen and oxygen atoms in total. The van der Waals surface area contributed by atoms with Crippen molar-refractivity contribution in [1.82, 2.24) is 9.55 Å². The average molecular weight is 542 g/mol. The largest absolute Gasteiger partial charge is 0.308 e. The highest BCUT2D eigenvalue weighted by atomic mass is 16.2. The quantitative estimate of drug-likeness (QED) is 0.211. The smallest absolute Gasteiger partial charge is 0.268 e. The number of para-hydroxylation sites is 1. The maximum atomic E-state index is 14.2. The Morgan fingerprint density at radius 1 is 0.500 bits per heavy atom. The molecule has 0 fully saturated rings. The van der Waals surface area contributed by atoms with Crippen molar-refractivity contribution < 1.29 is 9.59 Å². The maximum absolute atomic E-state index is 14.2. The summed E-state index contributed by atoms with van der Waals surface area (Å²) >= 11 is 0. The third kappa shape index (κ3) is 3.61. The number of aromatic nitrogens is 2. The summed E-state index contributed by atoms with van der Waals surface area (Å²) < 4.78 is 2.11. The third-order valence-corrected chi connectivity index (χ3v) is 8.03. The molecule has 0 saturated carbocycles. The van der Waals surface area contributed by atoms with Crippen LogP contribution in [0.2, 0.25) is 0 Å². The minimum absolute atomic E-state index is 0.317. The molecule has 0 unspecified atom stereocenters. The standard InChI is InChI=1S/C37H23N3O2/c41-36-30-13-7-15-34(35(30)37(42)39(36)28-11-6-10-26(22-28)24-8-2-1-3-9-24)40-32-14-5-4-12-29(32)31-23-27(16-17-33(31)40)25-18-20-38-21-19-25/h1-23H. The maximum Gasteiger partial charge on any atom is 0.268 e. The molecule has 1 aliphatic rings. The molecule has 8 rings (SSSR count). The summed E-state index contributed by atoms with van der Waals surface area (Å²) in [5.74, 6) is -0.641. The zero-order chi connectivity index (χ0) is 28.2. The molecule has 2 amide bonds. The highest BCUT2D eigenvalue weighted by molar-refractivity contribution is 6.36. The number of hydrogen-bond donors (Lipinski definition) is 0. The van der Waals surface area contributed by atoms with Gasteiger partial charge in [-0.1, -0.05) is 72.8 Å². The SMILES string of the molecule is O=C1c2cccc(-n3c4ccccc4c4cc(-c5ccncc5)ccc43)c2C(=O)N1c1cccc(-c2ccccc2)c1. The monoisotopic (exact) mass is 541 g/mol. The van der Waals surface area contributed by atoms with Crippen LogP contribution in [0.15, 0.2) is 140 Å². The Bertz CT molecular complexity index is 2180. The lowest BCUT2D eigenvalue weighted by Gasteiger charge is -2.16. The summed E-state index contributed by atoms with van der Waals surface area (Å²) in [6.07, 6.45) is 3.58. The number of carbonyl (C=O) groups excluding carboxylic acids is 2. The number of amides is 2. The molecule has 0 atom stereocenters. The van der Waals surface area contributed by atoms with Gasteiger partial charge in [0.25, 0.3) is 11.8 Å². The Kier molecular flexibility index (Phi) is 5.37. The van der Waals surface area contributed by atoms with Gasteiger partial charge in [-0.25, -0.2) is 4.90 Å².